The van der Waals surface area contributed by atoms with Crippen molar-refractivity contribution < 1.29 is 9.90 Å². The average Bonchev–Trinajstić information content (AvgIpc) is 2.45. The van der Waals surface area contributed by atoms with E-state index in [1.807, 2.05) is 12.1 Å². The molecule has 0 heterocycles. The van der Waals surface area contributed by atoms with Gasteiger partial charge < -0.3 is 15.7 Å². The summed E-state index contributed by atoms with van der Waals surface area (Å²) in [6.07, 6.45) is 3.95. The second-order valence-electron chi connectivity index (χ2n) is 6.24. The Labute approximate surface area is 126 Å². The molecule has 4 nitrogen and oxygen atoms in total. The van der Waals surface area contributed by atoms with Crippen molar-refractivity contribution in [3.05, 3.63) is 29.8 Å². The molecule has 0 aromatic heterocycles. The Balaban J connectivity index is 1.69. The van der Waals surface area contributed by atoms with Gasteiger partial charge in [0.2, 0.25) is 0 Å². The van der Waals surface area contributed by atoms with Gasteiger partial charge in [0.25, 0.3) is 0 Å². The molecule has 0 radical (unpaired) electrons. The molecule has 1 fully saturated rings. The minimum atomic E-state index is -0.0998. The SMILES string of the molecule is CC1CCC(NC(=O)NCCc2ccccc2O)CC1C. The lowest BCUT2D eigenvalue weighted by molar-refractivity contribution is 0.208. The standard InChI is InChI=1S/C17H26N2O2/c1-12-7-8-15(11-13(12)2)19-17(21)18-10-9-14-5-3-4-6-16(14)20/h3-6,12-13,15,20H,7-11H2,1-2H3,(H2,18,19,21). The smallest absolute Gasteiger partial charge is 0.315 e. The van der Waals surface area contributed by atoms with Crippen LogP contribution in [0.25, 0.3) is 0 Å². The molecule has 1 aliphatic carbocycles. The van der Waals surface area contributed by atoms with E-state index in [2.05, 4.69) is 24.5 Å². The topological polar surface area (TPSA) is 61.4 Å². The van der Waals surface area contributed by atoms with E-state index in [1.165, 1.54) is 6.42 Å². The Morgan fingerprint density at radius 1 is 1.24 bits per heavy atom. The van der Waals surface area contributed by atoms with E-state index in [-0.39, 0.29) is 11.8 Å². The first kappa shape index (κ1) is 15.7. The van der Waals surface area contributed by atoms with Gasteiger partial charge in [-0.3, -0.25) is 0 Å². The van der Waals surface area contributed by atoms with Gasteiger partial charge in [-0.25, -0.2) is 4.79 Å². The van der Waals surface area contributed by atoms with Gasteiger partial charge in [0.1, 0.15) is 5.75 Å². The fraction of sp³-hybridized carbons (Fsp3) is 0.588. The molecule has 4 heteroatoms. The van der Waals surface area contributed by atoms with Crippen LogP contribution in [-0.2, 0) is 6.42 Å². The number of amides is 2. The van der Waals surface area contributed by atoms with E-state index in [9.17, 15) is 9.90 Å². The summed E-state index contributed by atoms with van der Waals surface area (Å²) in [5, 5.41) is 15.6. The highest BCUT2D eigenvalue weighted by atomic mass is 16.3. The molecule has 3 unspecified atom stereocenters. The number of hydrogen-bond acceptors (Lipinski definition) is 2. The monoisotopic (exact) mass is 290 g/mol. The number of nitrogens with one attached hydrogen (secondary N) is 2. The van der Waals surface area contributed by atoms with Gasteiger partial charge in [0.15, 0.2) is 0 Å². The van der Waals surface area contributed by atoms with Crippen LogP contribution in [0.2, 0.25) is 0 Å². The average molecular weight is 290 g/mol. The number of urea groups is 1. The molecule has 2 rings (SSSR count). The van der Waals surface area contributed by atoms with Crippen molar-refractivity contribution in [3.8, 4) is 5.75 Å². The third-order valence-electron chi connectivity index (χ3n) is 4.60. The number of phenolic OH excluding ortho intramolecular Hbond substituents is 1. The molecule has 2 amide bonds. The highest BCUT2D eigenvalue weighted by molar-refractivity contribution is 5.74. The van der Waals surface area contributed by atoms with Crippen molar-refractivity contribution in [2.75, 3.05) is 6.54 Å². The van der Waals surface area contributed by atoms with E-state index in [4.69, 9.17) is 0 Å². The van der Waals surface area contributed by atoms with E-state index in [0.29, 0.717) is 24.9 Å². The first-order valence-electron chi connectivity index (χ1n) is 7.87. The van der Waals surface area contributed by atoms with Crippen LogP contribution in [0.3, 0.4) is 0 Å². The summed E-state index contributed by atoms with van der Waals surface area (Å²) in [5.74, 6) is 1.72. The van der Waals surface area contributed by atoms with Gasteiger partial charge >= 0.3 is 6.03 Å². The zero-order chi connectivity index (χ0) is 15.2. The first-order chi connectivity index (χ1) is 10.1. The Morgan fingerprint density at radius 3 is 2.71 bits per heavy atom. The molecular weight excluding hydrogens is 264 g/mol. The van der Waals surface area contributed by atoms with Crippen molar-refractivity contribution in [1.29, 1.82) is 0 Å². The number of aromatic hydroxyl groups is 1. The van der Waals surface area contributed by atoms with Gasteiger partial charge in [0.05, 0.1) is 0 Å². The molecule has 0 bridgehead atoms. The van der Waals surface area contributed by atoms with Crippen LogP contribution in [0, 0.1) is 11.8 Å². The molecule has 1 aromatic rings. The minimum Gasteiger partial charge on any atom is -0.508 e. The van der Waals surface area contributed by atoms with Crippen LogP contribution in [0.1, 0.15) is 38.7 Å². The van der Waals surface area contributed by atoms with Crippen LogP contribution >= 0.6 is 0 Å². The number of phenols is 1. The van der Waals surface area contributed by atoms with Crippen molar-refractivity contribution in [2.45, 2.75) is 45.6 Å². The number of carbonyl (C=O) groups is 1. The van der Waals surface area contributed by atoms with Crippen molar-refractivity contribution in [3.63, 3.8) is 0 Å². The third kappa shape index (κ3) is 4.66. The molecule has 1 saturated carbocycles. The summed E-state index contributed by atoms with van der Waals surface area (Å²) in [6, 6.07) is 7.42. The molecule has 21 heavy (non-hydrogen) atoms. The normalized spacial score (nSPS) is 25.3. The second-order valence-corrected chi connectivity index (χ2v) is 6.24. The Bertz CT molecular complexity index is 476. The van der Waals surface area contributed by atoms with Crippen LogP contribution in [0.4, 0.5) is 4.79 Å². The number of hydrogen-bond donors (Lipinski definition) is 3. The van der Waals surface area contributed by atoms with Crippen molar-refractivity contribution >= 4 is 6.03 Å². The van der Waals surface area contributed by atoms with Crippen LogP contribution in [0.5, 0.6) is 5.75 Å². The van der Waals surface area contributed by atoms with Crippen LogP contribution in [-0.4, -0.2) is 23.7 Å². The molecule has 0 aliphatic heterocycles. The number of para-hydroxylation sites is 1. The van der Waals surface area contributed by atoms with E-state index in [0.717, 1.165) is 24.3 Å². The number of benzene rings is 1. The lowest BCUT2D eigenvalue weighted by Crippen LogP contribution is -2.45. The summed E-state index contributed by atoms with van der Waals surface area (Å²) in [6.45, 7) is 5.07. The van der Waals surface area contributed by atoms with E-state index in [1.54, 1.807) is 12.1 Å². The van der Waals surface area contributed by atoms with Crippen molar-refractivity contribution in [1.82, 2.24) is 10.6 Å². The van der Waals surface area contributed by atoms with Crippen LogP contribution in [0.15, 0.2) is 24.3 Å². The molecule has 1 aliphatic rings. The van der Waals surface area contributed by atoms with Gasteiger partial charge in [-0.05, 0) is 49.1 Å². The molecule has 3 atom stereocenters. The van der Waals surface area contributed by atoms with Gasteiger partial charge in [-0.1, -0.05) is 32.0 Å². The zero-order valence-electron chi connectivity index (χ0n) is 12.9. The summed E-state index contributed by atoms with van der Waals surface area (Å²) < 4.78 is 0. The summed E-state index contributed by atoms with van der Waals surface area (Å²) in [4.78, 5) is 11.9. The molecule has 1 aromatic carbocycles. The van der Waals surface area contributed by atoms with E-state index >= 15 is 0 Å². The Morgan fingerprint density at radius 2 is 2.00 bits per heavy atom. The fourth-order valence-corrected chi connectivity index (χ4v) is 2.95. The molecule has 3 N–H and O–H groups in total. The Kier molecular flexibility index (Phi) is 5.48. The molecule has 116 valence electrons. The predicted octanol–water partition coefficient (Wildman–Crippen LogP) is 3.06. The fourth-order valence-electron chi connectivity index (χ4n) is 2.95. The maximum Gasteiger partial charge on any atom is 0.315 e. The highest BCUT2D eigenvalue weighted by Gasteiger charge is 2.25. The summed E-state index contributed by atoms with van der Waals surface area (Å²) in [5.41, 5.74) is 0.859. The maximum absolute atomic E-state index is 11.9. The van der Waals surface area contributed by atoms with Crippen LogP contribution < -0.4 is 10.6 Å². The third-order valence-corrected chi connectivity index (χ3v) is 4.60. The lowest BCUT2D eigenvalue weighted by Gasteiger charge is -2.32. The number of carbonyl (C=O) groups excluding carboxylic acids is 1. The summed E-state index contributed by atoms with van der Waals surface area (Å²) in [7, 11) is 0. The number of rotatable bonds is 4. The van der Waals surface area contributed by atoms with E-state index < -0.39 is 0 Å². The van der Waals surface area contributed by atoms with Crippen molar-refractivity contribution in [2.24, 2.45) is 11.8 Å². The van der Waals surface area contributed by atoms with Gasteiger partial charge in [0, 0.05) is 12.6 Å². The highest BCUT2D eigenvalue weighted by Crippen LogP contribution is 2.29. The molecule has 0 spiro atoms. The summed E-state index contributed by atoms with van der Waals surface area (Å²) >= 11 is 0. The van der Waals surface area contributed by atoms with Gasteiger partial charge in [-0.2, -0.15) is 0 Å². The maximum atomic E-state index is 11.9. The minimum absolute atomic E-state index is 0.0998. The zero-order valence-corrected chi connectivity index (χ0v) is 12.9. The van der Waals surface area contributed by atoms with Gasteiger partial charge in [-0.15, -0.1) is 0 Å². The Hall–Kier alpha value is -1.71. The quantitative estimate of drug-likeness (QED) is 0.798. The largest absolute Gasteiger partial charge is 0.508 e. The predicted molar refractivity (Wildman–Crippen MR) is 84.3 cm³/mol. The molecule has 0 saturated heterocycles. The molecular formula is C17H26N2O2. The lowest BCUT2D eigenvalue weighted by atomic mass is 9.79. The second kappa shape index (κ2) is 7.34. The first-order valence-corrected chi connectivity index (χ1v) is 7.87.